The molecule has 0 saturated carbocycles. The molecule has 0 amide bonds. The monoisotopic (exact) mass is 818 g/mol. The maximum Gasteiger partial charge on any atom is 0.460 e. The van der Waals surface area contributed by atoms with Crippen molar-refractivity contribution in [2.45, 2.75) is 83.4 Å². The van der Waals surface area contributed by atoms with E-state index in [2.05, 4.69) is 0 Å². The molecule has 1 N–H and O–H groups in total. The molecule has 0 saturated heterocycles. The SMILES string of the molecule is O=P(O)(OC(F)(F)C(F)(F)C(F)(F)C(F)(F)C(F)(F)C(F)(F)C(F)(F)F)C(F)(F)C(F)(F)C(F)(F)C(F)(F)C(F)(F)C(F)(F)C(F)(F)F. The van der Waals surface area contributed by atoms with Crippen LogP contribution in [0.15, 0.2) is 0 Å². The van der Waals surface area contributed by atoms with Crippen molar-refractivity contribution >= 4 is 7.60 Å². The van der Waals surface area contributed by atoms with Crippen LogP contribution in [0.4, 0.5) is 132 Å². The summed E-state index contributed by atoms with van der Waals surface area (Å²) in [6.45, 7) is 0. The number of alkyl halides is 30. The van der Waals surface area contributed by atoms with E-state index in [1.54, 1.807) is 0 Å². The Bertz CT molecular complexity index is 1240. The molecule has 290 valence electrons. The second kappa shape index (κ2) is 11.0. The maximum absolute atomic E-state index is 13.7. The summed E-state index contributed by atoms with van der Waals surface area (Å²) >= 11 is 0. The fourth-order valence-electron chi connectivity index (χ4n) is 2.36. The average Bonchev–Trinajstić information content (AvgIpc) is 2.80. The summed E-state index contributed by atoms with van der Waals surface area (Å²) in [6, 6.07) is 0. The molecule has 0 aliphatic rings. The molecule has 0 aliphatic carbocycles. The fourth-order valence-corrected chi connectivity index (χ4v) is 3.39. The topological polar surface area (TPSA) is 46.5 Å². The molecule has 0 heterocycles. The molecule has 0 aromatic rings. The molecule has 3 nitrogen and oxygen atoms in total. The van der Waals surface area contributed by atoms with Gasteiger partial charge in [-0.3, -0.25) is 4.57 Å². The third-order valence-electron chi connectivity index (χ3n) is 5.20. The lowest BCUT2D eigenvalue weighted by atomic mass is 9.93. The van der Waals surface area contributed by atoms with Gasteiger partial charge in [-0.25, -0.2) is 4.52 Å². The van der Waals surface area contributed by atoms with Crippen LogP contribution in [0.5, 0.6) is 0 Å². The van der Waals surface area contributed by atoms with Gasteiger partial charge in [0.15, 0.2) is 0 Å². The summed E-state index contributed by atoms with van der Waals surface area (Å²) in [5.74, 6) is -92.2. The normalized spacial score (nSPS) is 18.2. The Kier molecular flexibility index (Phi) is 10.6. The van der Waals surface area contributed by atoms with Gasteiger partial charge in [0.1, 0.15) is 0 Å². The number of halogens is 30. The zero-order valence-corrected chi connectivity index (χ0v) is 20.9. The standard InChI is InChI=1S/C14HF30O3P/c15-1(16,3(19,20)7(27,28)11(35,36)37)5(23,24)9(31,32)13(41,42)47-48(45,46)14(43,44)10(33,34)6(25,26)2(17,18)4(21,22)8(29,30)12(38,39)40/h(H,45,46). The largest absolute Gasteiger partial charge is 0.460 e. The molecule has 0 fully saturated rings. The van der Waals surface area contributed by atoms with Crippen molar-refractivity contribution in [3.8, 4) is 0 Å². The number of rotatable bonds is 13. The van der Waals surface area contributed by atoms with Gasteiger partial charge in [0.2, 0.25) is 0 Å². The van der Waals surface area contributed by atoms with Crippen molar-refractivity contribution in [2.24, 2.45) is 0 Å². The van der Waals surface area contributed by atoms with Gasteiger partial charge in [-0.2, -0.15) is 132 Å². The van der Waals surface area contributed by atoms with Crippen LogP contribution >= 0.6 is 7.60 Å². The first-order chi connectivity index (χ1) is 20.0. The smallest absolute Gasteiger partial charge is 0.320 e. The summed E-state index contributed by atoms with van der Waals surface area (Å²) < 4.78 is 403. The highest BCUT2D eigenvalue weighted by molar-refractivity contribution is 7.54. The first kappa shape index (κ1) is 46.0. The van der Waals surface area contributed by atoms with Gasteiger partial charge < -0.3 is 4.89 Å². The third-order valence-corrected chi connectivity index (χ3v) is 6.67. The molecule has 0 radical (unpaired) electrons. The molecular formula is C14HF30O3P. The predicted molar refractivity (Wildman–Crippen MR) is 82.4 cm³/mol. The average molecular weight is 818 g/mol. The van der Waals surface area contributed by atoms with Crippen LogP contribution < -0.4 is 0 Å². The van der Waals surface area contributed by atoms with E-state index in [9.17, 15) is 136 Å². The summed E-state index contributed by atoms with van der Waals surface area (Å²) in [5.41, 5.74) is -9.15. The van der Waals surface area contributed by atoms with Crippen LogP contribution in [0.2, 0.25) is 0 Å². The van der Waals surface area contributed by atoms with Gasteiger partial charge in [-0.1, -0.05) is 0 Å². The minimum absolute atomic E-state index is 0.939. The molecule has 34 heteroatoms. The highest BCUT2D eigenvalue weighted by Gasteiger charge is 2.97. The van der Waals surface area contributed by atoms with E-state index in [0.717, 1.165) is 4.52 Å². The molecule has 0 aliphatic heterocycles. The molecule has 48 heavy (non-hydrogen) atoms. The Morgan fingerprint density at radius 1 is 0.312 bits per heavy atom. The van der Waals surface area contributed by atoms with Crippen LogP contribution in [-0.4, -0.2) is 88.2 Å². The Balaban J connectivity index is 7.28. The quantitative estimate of drug-likeness (QED) is 0.149. The van der Waals surface area contributed by atoms with Crippen molar-refractivity contribution in [1.82, 2.24) is 0 Å². The van der Waals surface area contributed by atoms with Gasteiger partial charge in [-0.15, -0.1) is 0 Å². The summed E-state index contributed by atoms with van der Waals surface area (Å²) in [6.07, 6.45) is -25.5. The Morgan fingerprint density at radius 3 is 0.729 bits per heavy atom. The van der Waals surface area contributed by atoms with Crippen molar-refractivity contribution < 1.29 is 146 Å². The zero-order valence-electron chi connectivity index (χ0n) is 20.0. The van der Waals surface area contributed by atoms with Crippen molar-refractivity contribution in [3.05, 3.63) is 0 Å². The van der Waals surface area contributed by atoms with Crippen LogP contribution in [-0.2, 0) is 9.09 Å². The Labute approximate surface area is 238 Å². The van der Waals surface area contributed by atoms with Crippen LogP contribution in [0.1, 0.15) is 0 Å². The van der Waals surface area contributed by atoms with E-state index in [0.29, 0.717) is 0 Å². The van der Waals surface area contributed by atoms with Gasteiger partial charge in [0, 0.05) is 0 Å². The molecule has 1 unspecified atom stereocenters. The lowest BCUT2D eigenvalue weighted by Gasteiger charge is -2.43. The molecule has 0 aromatic heterocycles. The molecule has 1 atom stereocenters. The summed E-state index contributed by atoms with van der Waals surface area (Å²) in [7, 11) is -10.1. The molecule has 0 aromatic carbocycles. The van der Waals surface area contributed by atoms with Gasteiger partial charge in [0.05, 0.1) is 0 Å². The lowest BCUT2D eigenvalue weighted by molar-refractivity contribution is -0.466. The lowest BCUT2D eigenvalue weighted by Crippen LogP contribution is -2.73. The van der Waals surface area contributed by atoms with Crippen molar-refractivity contribution in [3.63, 3.8) is 0 Å². The number of hydrogen-bond donors (Lipinski definition) is 1. The molecule has 0 bridgehead atoms. The molecule has 0 rings (SSSR count). The second-order valence-electron chi connectivity index (χ2n) is 8.41. The van der Waals surface area contributed by atoms with Crippen molar-refractivity contribution in [1.29, 1.82) is 0 Å². The molecular weight excluding hydrogens is 817 g/mol. The van der Waals surface area contributed by atoms with Gasteiger partial charge in [0.25, 0.3) is 0 Å². The van der Waals surface area contributed by atoms with Crippen LogP contribution in [0.25, 0.3) is 0 Å². The minimum atomic E-state index is -10.1. The maximum atomic E-state index is 13.7. The van der Waals surface area contributed by atoms with E-state index in [1.807, 2.05) is 0 Å². The van der Waals surface area contributed by atoms with E-state index >= 15 is 0 Å². The van der Waals surface area contributed by atoms with E-state index in [-0.39, 0.29) is 0 Å². The third kappa shape index (κ3) is 5.57. The first-order valence-corrected chi connectivity index (χ1v) is 11.2. The van der Waals surface area contributed by atoms with E-state index in [4.69, 9.17) is 4.89 Å². The molecule has 0 spiro atoms. The minimum Gasteiger partial charge on any atom is -0.320 e. The number of hydrogen-bond acceptors (Lipinski definition) is 2. The Morgan fingerprint density at radius 2 is 0.500 bits per heavy atom. The van der Waals surface area contributed by atoms with Crippen LogP contribution in [0.3, 0.4) is 0 Å². The highest BCUT2D eigenvalue weighted by atomic mass is 31.2. The summed E-state index contributed by atoms with van der Waals surface area (Å²) in [4.78, 5) is 8.41. The highest BCUT2D eigenvalue weighted by Crippen LogP contribution is 2.73. The van der Waals surface area contributed by atoms with Crippen molar-refractivity contribution in [2.75, 3.05) is 0 Å². The van der Waals surface area contributed by atoms with Gasteiger partial charge >= 0.3 is 90.9 Å². The zero-order chi connectivity index (χ0) is 40.2. The van der Waals surface area contributed by atoms with E-state index < -0.39 is 90.9 Å². The second-order valence-corrected chi connectivity index (χ2v) is 10.2. The first-order valence-electron chi connectivity index (χ1n) is 9.66. The predicted octanol–water partition coefficient (Wildman–Crippen LogP) is 9.85. The van der Waals surface area contributed by atoms with Crippen LogP contribution in [0, 0.1) is 0 Å². The Hall–Kier alpha value is -1.95. The van der Waals surface area contributed by atoms with Gasteiger partial charge in [-0.05, 0) is 0 Å². The fraction of sp³-hybridized carbons (Fsp3) is 1.00. The summed E-state index contributed by atoms with van der Waals surface area (Å²) in [5, 5.41) is 0. The van der Waals surface area contributed by atoms with E-state index in [1.165, 1.54) is 0 Å².